The van der Waals surface area contributed by atoms with Gasteiger partial charge < -0.3 is 15.8 Å². The van der Waals surface area contributed by atoms with Gasteiger partial charge in [0.15, 0.2) is 0 Å². The van der Waals surface area contributed by atoms with Gasteiger partial charge in [0.25, 0.3) is 5.91 Å². The van der Waals surface area contributed by atoms with Crippen molar-refractivity contribution in [1.29, 1.82) is 0 Å². The van der Waals surface area contributed by atoms with Gasteiger partial charge in [0.05, 0.1) is 11.8 Å². The molecule has 3 N–H and O–H groups in total. The lowest BCUT2D eigenvalue weighted by atomic mass is 10.2. The van der Waals surface area contributed by atoms with Gasteiger partial charge in [-0.1, -0.05) is 19.1 Å². The van der Waals surface area contributed by atoms with E-state index in [4.69, 9.17) is 10.5 Å². The Hall–Kier alpha value is -2.40. The maximum absolute atomic E-state index is 11.4. The molecule has 0 aliphatic rings. The number of hydrogen-bond acceptors (Lipinski definition) is 4. The van der Waals surface area contributed by atoms with E-state index in [9.17, 15) is 4.79 Å². The fourth-order valence-electron chi connectivity index (χ4n) is 1.91. The Labute approximate surface area is 124 Å². The van der Waals surface area contributed by atoms with Gasteiger partial charge in [-0.05, 0) is 36.7 Å². The molecule has 0 aliphatic heterocycles. The first-order valence-corrected chi connectivity index (χ1v) is 6.92. The number of amides is 1. The van der Waals surface area contributed by atoms with E-state index < -0.39 is 5.91 Å². The quantitative estimate of drug-likeness (QED) is 0.766. The van der Waals surface area contributed by atoms with Gasteiger partial charge in [0.1, 0.15) is 11.5 Å². The third-order valence-electron chi connectivity index (χ3n) is 2.91. The van der Waals surface area contributed by atoms with E-state index >= 15 is 0 Å². The molecule has 1 aromatic heterocycles. The summed E-state index contributed by atoms with van der Waals surface area (Å²) in [7, 11) is 0. The Morgan fingerprint density at radius 3 is 2.90 bits per heavy atom. The van der Waals surface area contributed by atoms with Gasteiger partial charge in [-0.15, -0.1) is 0 Å². The zero-order valence-electron chi connectivity index (χ0n) is 12.0. The smallest absolute Gasteiger partial charge is 0.252 e. The van der Waals surface area contributed by atoms with Gasteiger partial charge in [-0.3, -0.25) is 9.78 Å². The highest BCUT2D eigenvalue weighted by Crippen LogP contribution is 2.24. The summed E-state index contributed by atoms with van der Waals surface area (Å²) in [5, 5.41) is 3.30. The second-order valence-electron chi connectivity index (χ2n) is 4.67. The molecule has 0 spiro atoms. The molecule has 5 heteroatoms. The molecular formula is C16H19N3O2. The lowest BCUT2D eigenvalue weighted by Gasteiger charge is -2.10. The van der Waals surface area contributed by atoms with Crippen molar-refractivity contribution < 1.29 is 9.53 Å². The van der Waals surface area contributed by atoms with Crippen LogP contribution in [0.4, 0.5) is 0 Å². The van der Waals surface area contributed by atoms with Crippen LogP contribution in [0.2, 0.25) is 0 Å². The number of nitrogens with zero attached hydrogens (tertiary/aromatic N) is 1. The van der Waals surface area contributed by atoms with Crippen LogP contribution in [-0.4, -0.2) is 17.4 Å². The molecule has 5 nitrogen and oxygen atoms in total. The zero-order chi connectivity index (χ0) is 15.1. The maximum atomic E-state index is 11.4. The van der Waals surface area contributed by atoms with Crippen LogP contribution in [0.25, 0.3) is 0 Å². The number of para-hydroxylation sites is 1. The molecule has 2 aromatic rings. The third-order valence-corrected chi connectivity index (χ3v) is 2.91. The first-order valence-electron chi connectivity index (χ1n) is 6.92. The lowest BCUT2D eigenvalue weighted by molar-refractivity contribution is 0.0998. The molecule has 0 aliphatic carbocycles. The number of ether oxygens (including phenoxy) is 1. The van der Waals surface area contributed by atoms with E-state index in [-0.39, 0.29) is 0 Å². The van der Waals surface area contributed by atoms with Crippen molar-refractivity contribution in [3.63, 3.8) is 0 Å². The SMILES string of the molecule is CCCNCc1cncc(Oc2ccccc2C(N)=O)c1. The predicted molar refractivity (Wildman–Crippen MR) is 81.3 cm³/mol. The Kier molecular flexibility index (Phi) is 5.29. The van der Waals surface area contributed by atoms with Crippen LogP contribution >= 0.6 is 0 Å². The molecule has 0 radical (unpaired) electrons. The van der Waals surface area contributed by atoms with Crippen LogP contribution in [-0.2, 0) is 6.54 Å². The summed E-state index contributed by atoms with van der Waals surface area (Å²) in [5.74, 6) is 0.504. The second kappa shape index (κ2) is 7.40. The van der Waals surface area contributed by atoms with E-state index in [1.165, 1.54) is 0 Å². The molecule has 0 saturated carbocycles. The topological polar surface area (TPSA) is 77.2 Å². The highest BCUT2D eigenvalue weighted by atomic mass is 16.5. The van der Waals surface area contributed by atoms with Gasteiger partial charge in [-0.2, -0.15) is 0 Å². The molecule has 1 aromatic carbocycles. The monoisotopic (exact) mass is 285 g/mol. The van der Waals surface area contributed by atoms with E-state index in [1.54, 1.807) is 36.7 Å². The molecule has 21 heavy (non-hydrogen) atoms. The van der Waals surface area contributed by atoms with E-state index in [2.05, 4.69) is 17.2 Å². The number of pyridine rings is 1. The number of aromatic nitrogens is 1. The molecule has 1 amide bonds. The highest BCUT2D eigenvalue weighted by molar-refractivity contribution is 5.95. The van der Waals surface area contributed by atoms with E-state index in [1.807, 2.05) is 6.07 Å². The summed E-state index contributed by atoms with van der Waals surface area (Å²) < 4.78 is 5.73. The Balaban J connectivity index is 2.13. The number of nitrogens with two attached hydrogens (primary N) is 1. The van der Waals surface area contributed by atoms with Crippen LogP contribution in [0.15, 0.2) is 42.7 Å². The number of carbonyl (C=O) groups is 1. The number of benzene rings is 1. The molecule has 0 saturated heterocycles. The predicted octanol–water partition coefficient (Wildman–Crippen LogP) is 2.47. The van der Waals surface area contributed by atoms with Gasteiger partial charge in [0.2, 0.25) is 0 Å². The molecule has 0 atom stereocenters. The first kappa shape index (κ1) is 15.0. The fourth-order valence-corrected chi connectivity index (χ4v) is 1.91. The van der Waals surface area contributed by atoms with Crippen molar-refractivity contribution in [1.82, 2.24) is 10.3 Å². The molecule has 1 heterocycles. The van der Waals surface area contributed by atoms with Crippen LogP contribution in [0.1, 0.15) is 29.3 Å². The van der Waals surface area contributed by atoms with Crippen molar-refractivity contribution in [2.45, 2.75) is 19.9 Å². The highest BCUT2D eigenvalue weighted by Gasteiger charge is 2.09. The van der Waals surface area contributed by atoms with E-state index in [0.717, 1.165) is 25.1 Å². The minimum absolute atomic E-state index is 0.354. The maximum Gasteiger partial charge on any atom is 0.252 e. The van der Waals surface area contributed by atoms with Crippen LogP contribution in [0.5, 0.6) is 11.5 Å². The molecule has 0 fully saturated rings. The Morgan fingerprint density at radius 1 is 1.33 bits per heavy atom. The standard InChI is InChI=1S/C16H19N3O2/c1-2-7-18-9-12-8-13(11-19-10-12)21-15-6-4-3-5-14(15)16(17)20/h3-6,8,10-11,18H,2,7,9H2,1H3,(H2,17,20). The van der Waals surface area contributed by atoms with Crippen molar-refractivity contribution in [3.8, 4) is 11.5 Å². The normalized spacial score (nSPS) is 10.3. The van der Waals surface area contributed by atoms with Gasteiger partial charge >= 0.3 is 0 Å². The number of nitrogens with one attached hydrogen (secondary N) is 1. The van der Waals surface area contributed by atoms with E-state index in [0.29, 0.717) is 17.1 Å². The minimum atomic E-state index is -0.515. The van der Waals surface area contributed by atoms with Crippen LogP contribution in [0.3, 0.4) is 0 Å². The van der Waals surface area contributed by atoms with Crippen LogP contribution < -0.4 is 15.8 Å². The summed E-state index contributed by atoms with van der Waals surface area (Å²) in [5.41, 5.74) is 6.71. The molecule has 0 unspecified atom stereocenters. The van der Waals surface area contributed by atoms with Crippen molar-refractivity contribution >= 4 is 5.91 Å². The summed E-state index contributed by atoms with van der Waals surface area (Å²) >= 11 is 0. The fraction of sp³-hybridized carbons (Fsp3) is 0.250. The minimum Gasteiger partial charge on any atom is -0.455 e. The summed E-state index contributed by atoms with van der Waals surface area (Å²) in [6, 6.07) is 8.78. The number of carbonyl (C=O) groups excluding carboxylic acids is 1. The summed E-state index contributed by atoms with van der Waals surface area (Å²) in [6.45, 7) is 3.80. The second-order valence-corrected chi connectivity index (χ2v) is 4.67. The van der Waals surface area contributed by atoms with Crippen molar-refractivity contribution in [2.75, 3.05) is 6.54 Å². The number of primary amides is 1. The zero-order valence-corrected chi connectivity index (χ0v) is 12.0. The van der Waals surface area contributed by atoms with Crippen molar-refractivity contribution in [3.05, 3.63) is 53.9 Å². The van der Waals surface area contributed by atoms with Crippen LogP contribution in [0, 0.1) is 0 Å². The largest absolute Gasteiger partial charge is 0.455 e. The Morgan fingerprint density at radius 2 is 2.14 bits per heavy atom. The average Bonchev–Trinajstić information content (AvgIpc) is 2.48. The summed E-state index contributed by atoms with van der Waals surface area (Å²) in [4.78, 5) is 15.5. The van der Waals surface area contributed by atoms with Gasteiger partial charge in [-0.25, -0.2) is 0 Å². The first-order chi connectivity index (χ1) is 10.2. The summed E-state index contributed by atoms with van der Waals surface area (Å²) in [6.07, 6.45) is 4.48. The van der Waals surface area contributed by atoms with Gasteiger partial charge in [0, 0.05) is 12.7 Å². The van der Waals surface area contributed by atoms with Crippen molar-refractivity contribution in [2.24, 2.45) is 5.73 Å². The molecule has 0 bridgehead atoms. The number of hydrogen-bond donors (Lipinski definition) is 2. The third kappa shape index (κ3) is 4.29. The molecule has 110 valence electrons. The molecule has 2 rings (SSSR count). The lowest BCUT2D eigenvalue weighted by Crippen LogP contribution is -2.14. The average molecular weight is 285 g/mol. The molecular weight excluding hydrogens is 266 g/mol. The Bertz CT molecular complexity index is 614. The number of rotatable bonds is 7.